The van der Waals surface area contributed by atoms with Crippen LogP contribution in [0.1, 0.15) is 44.0 Å². The van der Waals surface area contributed by atoms with Crippen LogP contribution in [0, 0.1) is 0 Å². The van der Waals surface area contributed by atoms with Crippen molar-refractivity contribution in [2.75, 3.05) is 18.5 Å². The van der Waals surface area contributed by atoms with E-state index in [2.05, 4.69) is 15.0 Å². The van der Waals surface area contributed by atoms with Gasteiger partial charge in [-0.1, -0.05) is 19.1 Å². The molecule has 0 aliphatic rings. The van der Waals surface area contributed by atoms with Crippen molar-refractivity contribution in [1.29, 1.82) is 0 Å². The third-order valence-electron chi connectivity index (χ3n) is 5.15. The van der Waals surface area contributed by atoms with Gasteiger partial charge < -0.3 is 9.30 Å². The van der Waals surface area contributed by atoms with E-state index in [-0.39, 0.29) is 16.8 Å². The quantitative estimate of drug-likeness (QED) is 0.426. The van der Waals surface area contributed by atoms with Crippen LogP contribution < -0.4 is 10.0 Å². The van der Waals surface area contributed by atoms with Crippen molar-refractivity contribution >= 4 is 32.9 Å². The number of aryl methyl sites for hydroxylation is 1. The SMILES string of the molecule is CCOCCCn1c(NC(=O)c2ccc(S(=O)(=O)NC(C)CC)cc2)nc2ccccc21. The van der Waals surface area contributed by atoms with Gasteiger partial charge in [0.25, 0.3) is 5.91 Å². The highest BCUT2D eigenvalue weighted by Crippen LogP contribution is 2.21. The van der Waals surface area contributed by atoms with Gasteiger partial charge >= 0.3 is 0 Å². The van der Waals surface area contributed by atoms with Gasteiger partial charge in [-0.2, -0.15) is 0 Å². The Kier molecular flexibility index (Phi) is 8.00. The molecular weight excluding hydrogens is 428 g/mol. The van der Waals surface area contributed by atoms with E-state index in [1.807, 2.05) is 42.7 Å². The Morgan fingerprint density at radius 1 is 1.12 bits per heavy atom. The third kappa shape index (κ3) is 5.73. The highest BCUT2D eigenvalue weighted by atomic mass is 32.2. The van der Waals surface area contributed by atoms with E-state index in [1.54, 1.807) is 6.92 Å². The lowest BCUT2D eigenvalue weighted by Gasteiger charge is -2.13. The fourth-order valence-electron chi connectivity index (χ4n) is 3.24. The van der Waals surface area contributed by atoms with E-state index >= 15 is 0 Å². The molecule has 172 valence electrons. The van der Waals surface area contributed by atoms with Gasteiger partial charge in [0.15, 0.2) is 0 Å². The zero-order valence-electron chi connectivity index (χ0n) is 18.7. The second-order valence-electron chi connectivity index (χ2n) is 7.54. The molecule has 32 heavy (non-hydrogen) atoms. The van der Waals surface area contributed by atoms with Gasteiger partial charge in [-0.15, -0.1) is 0 Å². The van der Waals surface area contributed by atoms with Crippen molar-refractivity contribution in [2.45, 2.75) is 51.1 Å². The molecule has 0 aliphatic heterocycles. The van der Waals surface area contributed by atoms with Gasteiger partial charge in [-0.25, -0.2) is 18.1 Å². The Morgan fingerprint density at radius 3 is 2.53 bits per heavy atom. The highest BCUT2D eigenvalue weighted by molar-refractivity contribution is 7.89. The molecular formula is C23H30N4O4S. The molecule has 1 aromatic heterocycles. The van der Waals surface area contributed by atoms with E-state index in [9.17, 15) is 13.2 Å². The van der Waals surface area contributed by atoms with Crippen LogP contribution in [0.5, 0.6) is 0 Å². The molecule has 1 amide bonds. The summed E-state index contributed by atoms with van der Waals surface area (Å²) in [6.07, 6.45) is 1.47. The number of imidazole rings is 1. The van der Waals surface area contributed by atoms with Crippen LogP contribution in [0.25, 0.3) is 11.0 Å². The van der Waals surface area contributed by atoms with Crippen molar-refractivity contribution in [3.63, 3.8) is 0 Å². The standard InChI is InChI=1S/C23H30N4O4S/c1-4-17(3)26-32(29,30)19-13-11-18(12-14-19)22(28)25-23-24-20-9-6-7-10-21(20)27(23)15-8-16-31-5-2/h6-7,9-14,17,26H,4-5,8,15-16H2,1-3H3,(H,24,25,28). The summed E-state index contributed by atoms with van der Waals surface area (Å²) in [7, 11) is -3.62. The van der Waals surface area contributed by atoms with Crippen molar-refractivity contribution in [2.24, 2.45) is 0 Å². The van der Waals surface area contributed by atoms with E-state index < -0.39 is 10.0 Å². The predicted molar refractivity (Wildman–Crippen MR) is 125 cm³/mol. The van der Waals surface area contributed by atoms with Gasteiger partial charge in [-0.05, 0) is 63.1 Å². The summed E-state index contributed by atoms with van der Waals surface area (Å²) >= 11 is 0. The van der Waals surface area contributed by atoms with Crippen molar-refractivity contribution in [3.8, 4) is 0 Å². The minimum atomic E-state index is -3.62. The monoisotopic (exact) mass is 458 g/mol. The smallest absolute Gasteiger partial charge is 0.257 e. The Balaban J connectivity index is 1.78. The lowest BCUT2D eigenvalue weighted by molar-refractivity contribution is 0.102. The summed E-state index contributed by atoms with van der Waals surface area (Å²) < 4.78 is 34.9. The summed E-state index contributed by atoms with van der Waals surface area (Å²) in [6, 6.07) is 13.4. The number of ether oxygens (including phenoxy) is 1. The van der Waals surface area contributed by atoms with Crippen LogP contribution >= 0.6 is 0 Å². The summed E-state index contributed by atoms with van der Waals surface area (Å²) in [4.78, 5) is 17.5. The maximum atomic E-state index is 12.9. The minimum absolute atomic E-state index is 0.123. The van der Waals surface area contributed by atoms with Gasteiger partial charge in [0.2, 0.25) is 16.0 Å². The van der Waals surface area contributed by atoms with E-state index in [0.29, 0.717) is 37.7 Å². The second-order valence-corrected chi connectivity index (χ2v) is 9.25. The average Bonchev–Trinajstić information content (AvgIpc) is 3.13. The van der Waals surface area contributed by atoms with Crippen molar-refractivity contribution in [3.05, 3.63) is 54.1 Å². The number of amides is 1. The number of hydrogen-bond donors (Lipinski definition) is 2. The molecule has 1 unspecified atom stereocenters. The number of rotatable bonds is 11. The molecule has 0 radical (unpaired) electrons. The molecule has 0 fully saturated rings. The average molecular weight is 459 g/mol. The van der Waals surface area contributed by atoms with Crippen molar-refractivity contribution in [1.82, 2.24) is 14.3 Å². The van der Waals surface area contributed by atoms with Crippen LogP contribution in [0.4, 0.5) is 5.95 Å². The maximum Gasteiger partial charge on any atom is 0.257 e. The first-order valence-corrected chi connectivity index (χ1v) is 12.3. The highest BCUT2D eigenvalue weighted by Gasteiger charge is 2.18. The number of benzene rings is 2. The summed E-state index contributed by atoms with van der Waals surface area (Å²) in [5.41, 5.74) is 2.06. The van der Waals surface area contributed by atoms with Gasteiger partial charge in [0, 0.05) is 31.4 Å². The number of nitrogens with one attached hydrogen (secondary N) is 2. The first-order valence-electron chi connectivity index (χ1n) is 10.8. The zero-order chi connectivity index (χ0) is 23.1. The molecule has 2 N–H and O–H groups in total. The number of carbonyl (C=O) groups is 1. The Labute approximate surface area is 189 Å². The van der Waals surface area contributed by atoms with E-state index in [4.69, 9.17) is 4.74 Å². The second kappa shape index (κ2) is 10.7. The Morgan fingerprint density at radius 2 is 1.84 bits per heavy atom. The summed E-state index contributed by atoms with van der Waals surface area (Å²) in [6.45, 7) is 7.60. The summed E-state index contributed by atoms with van der Waals surface area (Å²) in [5.74, 6) is 0.0908. The van der Waals surface area contributed by atoms with E-state index in [0.717, 1.165) is 17.5 Å². The molecule has 0 saturated carbocycles. The number of fused-ring (bicyclic) bond motifs is 1. The first-order chi connectivity index (χ1) is 15.4. The van der Waals surface area contributed by atoms with Crippen LogP contribution in [0.2, 0.25) is 0 Å². The molecule has 8 nitrogen and oxygen atoms in total. The topological polar surface area (TPSA) is 102 Å². The summed E-state index contributed by atoms with van der Waals surface area (Å²) in [5, 5.41) is 2.86. The van der Waals surface area contributed by atoms with Gasteiger partial charge in [0.1, 0.15) is 0 Å². The van der Waals surface area contributed by atoms with Crippen molar-refractivity contribution < 1.29 is 17.9 Å². The molecule has 1 atom stereocenters. The molecule has 0 bridgehead atoms. The zero-order valence-corrected chi connectivity index (χ0v) is 19.5. The number of carbonyl (C=O) groups excluding carboxylic acids is 1. The van der Waals surface area contributed by atoms with Gasteiger partial charge in [0.05, 0.1) is 15.9 Å². The number of para-hydroxylation sites is 2. The van der Waals surface area contributed by atoms with Crippen LogP contribution in [0.15, 0.2) is 53.4 Å². The molecule has 1 heterocycles. The first kappa shape index (κ1) is 23.9. The largest absolute Gasteiger partial charge is 0.382 e. The van der Waals surface area contributed by atoms with Crippen LogP contribution in [-0.2, 0) is 21.3 Å². The van der Waals surface area contributed by atoms with Crippen LogP contribution in [0.3, 0.4) is 0 Å². The third-order valence-corrected chi connectivity index (χ3v) is 6.76. The normalized spacial score (nSPS) is 12.7. The Bertz CT molecular complexity index is 1160. The van der Waals surface area contributed by atoms with E-state index in [1.165, 1.54) is 24.3 Å². The lowest BCUT2D eigenvalue weighted by Crippen LogP contribution is -2.32. The minimum Gasteiger partial charge on any atom is -0.382 e. The molecule has 3 aromatic rings. The number of anilines is 1. The molecule has 3 rings (SSSR count). The number of nitrogens with zero attached hydrogens (tertiary/aromatic N) is 2. The molecule has 0 aliphatic carbocycles. The maximum absolute atomic E-state index is 12.9. The number of hydrogen-bond acceptors (Lipinski definition) is 5. The lowest BCUT2D eigenvalue weighted by atomic mass is 10.2. The fraction of sp³-hybridized carbons (Fsp3) is 0.391. The van der Waals surface area contributed by atoms with Crippen LogP contribution in [-0.4, -0.2) is 43.1 Å². The molecule has 0 saturated heterocycles. The fourth-order valence-corrected chi connectivity index (χ4v) is 4.57. The van der Waals surface area contributed by atoms with Gasteiger partial charge in [-0.3, -0.25) is 10.1 Å². The molecule has 9 heteroatoms. The number of sulfonamides is 1. The Hall–Kier alpha value is -2.75. The predicted octanol–water partition coefficient (Wildman–Crippen LogP) is 3.79. The molecule has 0 spiro atoms. The number of aromatic nitrogens is 2. The molecule has 2 aromatic carbocycles.